The highest BCUT2D eigenvalue weighted by molar-refractivity contribution is 5.98. The van der Waals surface area contributed by atoms with Crippen molar-refractivity contribution >= 4 is 27.7 Å². The third-order valence-electron chi connectivity index (χ3n) is 5.59. The average Bonchev–Trinajstić information content (AvgIpc) is 3.30. The summed E-state index contributed by atoms with van der Waals surface area (Å²) in [5.74, 6) is 0.974. The molecule has 1 aliphatic heterocycles. The average molecular weight is 334 g/mol. The van der Waals surface area contributed by atoms with Crippen LogP contribution in [0.4, 0.5) is 0 Å². The zero-order valence-electron chi connectivity index (χ0n) is 14.9. The van der Waals surface area contributed by atoms with Gasteiger partial charge in [-0.2, -0.15) is 0 Å². The van der Waals surface area contributed by atoms with Crippen molar-refractivity contribution in [2.45, 2.75) is 46.3 Å². The molecule has 25 heavy (non-hydrogen) atoms. The Morgan fingerprint density at radius 2 is 1.96 bits per heavy atom. The van der Waals surface area contributed by atoms with Gasteiger partial charge < -0.3 is 9.30 Å². The van der Waals surface area contributed by atoms with Crippen molar-refractivity contribution in [2.75, 3.05) is 6.61 Å². The maximum atomic E-state index is 5.87. The lowest BCUT2D eigenvalue weighted by molar-refractivity contribution is 0.0974. The number of para-hydroxylation sites is 2. The molecule has 1 saturated heterocycles. The number of rotatable bonds is 2. The second-order valence-electron chi connectivity index (χ2n) is 7.07. The second-order valence-corrected chi connectivity index (χ2v) is 7.07. The molecule has 0 amide bonds. The Hall–Kier alpha value is -2.40. The number of imidazole rings is 1. The smallest absolute Gasteiger partial charge is 0.150 e. The van der Waals surface area contributed by atoms with Crippen LogP contribution in [0, 0.1) is 20.8 Å². The molecule has 128 valence electrons. The Morgan fingerprint density at radius 3 is 2.76 bits per heavy atom. The molecule has 5 nitrogen and oxygen atoms in total. The van der Waals surface area contributed by atoms with E-state index in [2.05, 4.69) is 47.9 Å². The van der Waals surface area contributed by atoms with Gasteiger partial charge in [0.05, 0.1) is 29.1 Å². The number of nitrogens with zero attached hydrogens (tertiary/aromatic N) is 4. The largest absolute Gasteiger partial charge is 0.376 e. The maximum absolute atomic E-state index is 5.87. The summed E-state index contributed by atoms with van der Waals surface area (Å²) in [4.78, 5) is 9.91. The number of hydrogen-bond donors (Lipinski definition) is 0. The van der Waals surface area contributed by atoms with Crippen molar-refractivity contribution < 1.29 is 4.74 Å². The third kappa shape index (κ3) is 2.05. The van der Waals surface area contributed by atoms with Gasteiger partial charge in [0.15, 0.2) is 5.65 Å². The lowest BCUT2D eigenvalue weighted by Gasteiger charge is -2.13. The first-order valence-electron chi connectivity index (χ1n) is 9.00. The van der Waals surface area contributed by atoms with E-state index < -0.39 is 0 Å². The van der Waals surface area contributed by atoms with Crippen molar-refractivity contribution in [3.8, 4) is 0 Å². The fourth-order valence-electron chi connectivity index (χ4n) is 4.17. The van der Waals surface area contributed by atoms with Gasteiger partial charge in [0, 0.05) is 12.3 Å². The van der Waals surface area contributed by atoms with Gasteiger partial charge in [-0.1, -0.05) is 12.1 Å². The number of benzene rings is 1. The van der Waals surface area contributed by atoms with Gasteiger partial charge >= 0.3 is 0 Å². The van der Waals surface area contributed by atoms with E-state index >= 15 is 0 Å². The van der Waals surface area contributed by atoms with Gasteiger partial charge in [0.2, 0.25) is 0 Å². The Morgan fingerprint density at radius 1 is 1.12 bits per heavy atom. The minimum Gasteiger partial charge on any atom is -0.376 e. The van der Waals surface area contributed by atoms with E-state index in [9.17, 15) is 0 Å². The minimum absolute atomic E-state index is 0.297. The molecule has 0 saturated carbocycles. The number of hydrogen-bond acceptors (Lipinski definition) is 3. The molecule has 1 fully saturated rings. The molecule has 1 aliphatic rings. The summed E-state index contributed by atoms with van der Waals surface area (Å²) in [5.41, 5.74) is 6.71. The van der Waals surface area contributed by atoms with Crippen LogP contribution < -0.4 is 0 Å². The van der Waals surface area contributed by atoms with E-state index in [1.54, 1.807) is 0 Å². The standard InChI is InChI=1S/C20H22N4O/c1-12-13(2)23(11-15-7-6-10-25-15)19-18(12)20-22-16-8-4-5-9-17(16)24(20)14(3)21-19/h4-5,8-9,15H,6-7,10-11H2,1-3H3/t15-/m0/s1. The molecule has 5 rings (SSSR count). The summed E-state index contributed by atoms with van der Waals surface area (Å²) in [6.07, 6.45) is 2.59. The first-order valence-corrected chi connectivity index (χ1v) is 9.00. The normalized spacial score (nSPS) is 18.1. The van der Waals surface area contributed by atoms with E-state index in [-0.39, 0.29) is 0 Å². The van der Waals surface area contributed by atoms with Gasteiger partial charge in [0.25, 0.3) is 0 Å². The number of fused-ring (bicyclic) bond motifs is 5. The highest BCUT2D eigenvalue weighted by Gasteiger charge is 2.23. The second kappa shape index (κ2) is 5.30. The molecule has 0 bridgehead atoms. The van der Waals surface area contributed by atoms with Crippen molar-refractivity contribution in [1.82, 2.24) is 18.9 Å². The van der Waals surface area contributed by atoms with Crippen LogP contribution in [0.3, 0.4) is 0 Å². The van der Waals surface area contributed by atoms with Crippen LogP contribution in [0.5, 0.6) is 0 Å². The zero-order chi connectivity index (χ0) is 17.1. The summed E-state index contributed by atoms with van der Waals surface area (Å²) >= 11 is 0. The zero-order valence-corrected chi connectivity index (χ0v) is 14.9. The first kappa shape index (κ1) is 14.9. The molecule has 0 radical (unpaired) electrons. The third-order valence-corrected chi connectivity index (χ3v) is 5.59. The van der Waals surface area contributed by atoms with Crippen LogP contribution in [-0.4, -0.2) is 31.6 Å². The molecule has 4 aromatic rings. The Bertz CT molecular complexity index is 1120. The summed E-state index contributed by atoms with van der Waals surface area (Å²) < 4.78 is 10.4. The molecule has 4 heterocycles. The maximum Gasteiger partial charge on any atom is 0.150 e. The lowest BCUT2D eigenvalue weighted by atomic mass is 10.2. The lowest BCUT2D eigenvalue weighted by Crippen LogP contribution is -2.16. The molecule has 0 unspecified atom stereocenters. The molecular weight excluding hydrogens is 312 g/mol. The Balaban J connectivity index is 1.84. The van der Waals surface area contributed by atoms with Gasteiger partial charge in [-0.3, -0.25) is 4.40 Å². The Labute approximate surface area is 146 Å². The molecular formula is C20H22N4O. The van der Waals surface area contributed by atoms with Crippen molar-refractivity contribution in [3.05, 3.63) is 41.3 Å². The quantitative estimate of drug-likeness (QED) is 0.558. The minimum atomic E-state index is 0.297. The van der Waals surface area contributed by atoms with Crippen LogP contribution in [0.15, 0.2) is 24.3 Å². The van der Waals surface area contributed by atoms with Crippen LogP contribution in [0.1, 0.15) is 29.9 Å². The van der Waals surface area contributed by atoms with E-state index in [0.717, 1.165) is 59.5 Å². The van der Waals surface area contributed by atoms with Crippen LogP contribution in [0.25, 0.3) is 27.7 Å². The topological polar surface area (TPSA) is 44.4 Å². The van der Waals surface area contributed by atoms with E-state index in [4.69, 9.17) is 14.7 Å². The van der Waals surface area contributed by atoms with Crippen LogP contribution in [0.2, 0.25) is 0 Å². The van der Waals surface area contributed by atoms with Crippen LogP contribution in [-0.2, 0) is 11.3 Å². The fourth-order valence-corrected chi connectivity index (χ4v) is 4.17. The highest BCUT2D eigenvalue weighted by atomic mass is 16.5. The highest BCUT2D eigenvalue weighted by Crippen LogP contribution is 2.31. The fraction of sp³-hybridized carbons (Fsp3) is 0.400. The molecule has 5 heteroatoms. The summed E-state index contributed by atoms with van der Waals surface area (Å²) in [5, 5.41) is 1.16. The SMILES string of the molecule is Cc1c(C)n(C[C@@H]2CCCO2)c2nc(C)n3c4ccccc4nc3c12. The van der Waals surface area contributed by atoms with Gasteiger partial charge in [0.1, 0.15) is 11.5 Å². The number of ether oxygens (including phenoxy) is 1. The van der Waals surface area contributed by atoms with Gasteiger partial charge in [-0.15, -0.1) is 0 Å². The summed E-state index contributed by atoms with van der Waals surface area (Å²) in [7, 11) is 0. The predicted molar refractivity (Wildman–Crippen MR) is 99.2 cm³/mol. The Kier molecular flexibility index (Phi) is 3.16. The molecule has 1 atom stereocenters. The molecule has 0 spiro atoms. The van der Waals surface area contributed by atoms with Crippen LogP contribution >= 0.6 is 0 Å². The number of aryl methyl sites for hydroxylation is 2. The van der Waals surface area contributed by atoms with Crippen molar-refractivity contribution in [3.63, 3.8) is 0 Å². The molecule has 0 N–H and O–H groups in total. The molecule has 0 aliphatic carbocycles. The number of aromatic nitrogens is 4. The predicted octanol–water partition coefficient (Wildman–Crippen LogP) is 3.94. The molecule has 1 aromatic carbocycles. The van der Waals surface area contributed by atoms with Gasteiger partial charge in [-0.05, 0) is 51.3 Å². The summed E-state index contributed by atoms with van der Waals surface area (Å²) in [6, 6.07) is 8.27. The van der Waals surface area contributed by atoms with Crippen molar-refractivity contribution in [2.24, 2.45) is 0 Å². The molecule has 3 aromatic heterocycles. The monoisotopic (exact) mass is 334 g/mol. The van der Waals surface area contributed by atoms with E-state index in [0.29, 0.717) is 6.10 Å². The van der Waals surface area contributed by atoms with Crippen molar-refractivity contribution in [1.29, 1.82) is 0 Å². The van der Waals surface area contributed by atoms with E-state index in [1.165, 1.54) is 11.3 Å². The van der Waals surface area contributed by atoms with E-state index in [1.807, 2.05) is 6.07 Å². The summed E-state index contributed by atoms with van der Waals surface area (Å²) in [6.45, 7) is 8.18. The first-order chi connectivity index (χ1) is 12.1. The van der Waals surface area contributed by atoms with Gasteiger partial charge in [-0.25, -0.2) is 9.97 Å².